The van der Waals surface area contributed by atoms with Gasteiger partial charge in [-0.15, -0.1) is 0 Å². The molecule has 2 aliphatic carbocycles. The average Bonchev–Trinajstić information content (AvgIpc) is 3.40. The molecule has 0 aromatic heterocycles. The molecular formula is C28H23N3. The van der Waals surface area contributed by atoms with Crippen LogP contribution >= 0.6 is 0 Å². The first-order valence-electron chi connectivity index (χ1n) is 10.6. The van der Waals surface area contributed by atoms with Gasteiger partial charge in [-0.05, 0) is 63.4 Å². The third kappa shape index (κ3) is 2.63. The van der Waals surface area contributed by atoms with Gasteiger partial charge in [-0.25, -0.2) is 0 Å². The van der Waals surface area contributed by atoms with Gasteiger partial charge in [-0.3, -0.25) is 5.41 Å². The van der Waals surface area contributed by atoms with E-state index in [9.17, 15) is 0 Å². The normalized spacial score (nSPS) is 12.7. The Morgan fingerprint density at radius 2 is 1.52 bits per heavy atom. The van der Waals surface area contributed by atoms with Crippen LogP contribution in [0.5, 0.6) is 0 Å². The Bertz CT molecular complexity index is 1400. The molecule has 0 bridgehead atoms. The minimum absolute atomic E-state index is 0.446. The second kappa shape index (κ2) is 6.58. The van der Waals surface area contributed by atoms with E-state index >= 15 is 0 Å². The standard InChI is InChI=1S/C28H23N3/c1-30(22-13-14-24-21(17-22)16-20-6-3-4-8-23(20)24)28(29)31(2)26-15-12-19-11-10-18-7-5-9-25(26)27(18)19/h3-15,17,29H,16H2,1-2H3. The molecule has 0 unspecified atom stereocenters. The second-order valence-corrected chi connectivity index (χ2v) is 8.39. The molecule has 31 heavy (non-hydrogen) atoms. The number of guanidine groups is 1. The van der Waals surface area contributed by atoms with Crippen LogP contribution in [0.1, 0.15) is 22.3 Å². The summed E-state index contributed by atoms with van der Waals surface area (Å²) in [4.78, 5) is 3.94. The van der Waals surface area contributed by atoms with E-state index in [0.29, 0.717) is 5.96 Å². The van der Waals surface area contributed by atoms with Gasteiger partial charge < -0.3 is 9.80 Å². The topological polar surface area (TPSA) is 30.3 Å². The summed E-state index contributed by atoms with van der Waals surface area (Å²) in [6.45, 7) is 0. The number of hydrogen-bond acceptors (Lipinski definition) is 1. The molecule has 2 aliphatic rings. The Hall–Kier alpha value is -3.85. The average molecular weight is 402 g/mol. The highest BCUT2D eigenvalue weighted by molar-refractivity contribution is 6.14. The molecule has 4 aromatic carbocycles. The maximum Gasteiger partial charge on any atom is 0.202 e. The molecule has 0 aliphatic heterocycles. The minimum Gasteiger partial charge on any atom is -0.316 e. The van der Waals surface area contributed by atoms with Gasteiger partial charge in [0.05, 0.1) is 5.69 Å². The number of nitrogens with zero attached hydrogens (tertiary/aromatic N) is 2. The fraction of sp³-hybridized carbons (Fsp3) is 0.107. The van der Waals surface area contributed by atoms with E-state index < -0.39 is 0 Å². The van der Waals surface area contributed by atoms with E-state index in [1.807, 2.05) is 23.9 Å². The summed E-state index contributed by atoms with van der Waals surface area (Å²) in [6.07, 6.45) is 5.29. The molecule has 0 amide bonds. The first kappa shape index (κ1) is 18.0. The molecular weight excluding hydrogens is 378 g/mol. The lowest BCUT2D eigenvalue weighted by atomic mass is 10.0. The number of nitrogens with one attached hydrogen (secondary N) is 1. The Morgan fingerprint density at radius 1 is 0.742 bits per heavy atom. The van der Waals surface area contributed by atoms with Crippen molar-refractivity contribution in [3.8, 4) is 11.1 Å². The summed E-state index contributed by atoms with van der Waals surface area (Å²) < 4.78 is 0. The summed E-state index contributed by atoms with van der Waals surface area (Å²) in [5.74, 6) is 0.446. The zero-order valence-corrected chi connectivity index (χ0v) is 17.7. The Morgan fingerprint density at radius 3 is 2.39 bits per heavy atom. The SMILES string of the molecule is CN(C(=N)N(C)c1ccc2c3c(cccc13)C=C2)c1ccc2c(c1)Cc1ccccc1-2. The lowest BCUT2D eigenvalue weighted by Crippen LogP contribution is -2.39. The van der Waals surface area contributed by atoms with Gasteiger partial charge in [0.1, 0.15) is 0 Å². The van der Waals surface area contributed by atoms with E-state index in [0.717, 1.165) is 17.8 Å². The van der Waals surface area contributed by atoms with Gasteiger partial charge in [-0.2, -0.15) is 0 Å². The fourth-order valence-corrected chi connectivity index (χ4v) is 5.00. The number of rotatable bonds is 2. The van der Waals surface area contributed by atoms with Crippen LogP contribution in [0.15, 0.2) is 72.8 Å². The van der Waals surface area contributed by atoms with Crippen LogP contribution in [-0.4, -0.2) is 20.1 Å². The van der Waals surface area contributed by atoms with E-state index in [1.165, 1.54) is 44.2 Å². The molecule has 0 spiro atoms. The van der Waals surface area contributed by atoms with Crippen LogP contribution in [0.25, 0.3) is 34.1 Å². The number of anilines is 2. The lowest BCUT2D eigenvalue weighted by Gasteiger charge is -2.29. The molecule has 0 saturated heterocycles. The molecule has 0 fully saturated rings. The number of benzene rings is 4. The minimum atomic E-state index is 0.446. The fourth-order valence-electron chi connectivity index (χ4n) is 5.00. The number of fused-ring (bicyclic) bond motifs is 3. The first-order chi connectivity index (χ1) is 15.1. The van der Waals surface area contributed by atoms with E-state index in [2.05, 4.69) is 84.9 Å². The van der Waals surface area contributed by atoms with Gasteiger partial charge in [0.25, 0.3) is 0 Å². The number of hydrogen-bond donors (Lipinski definition) is 1. The monoisotopic (exact) mass is 401 g/mol. The highest BCUT2D eigenvalue weighted by atomic mass is 15.3. The smallest absolute Gasteiger partial charge is 0.202 e. The molecule has 0 saturated carbocycles. The Labute approximate surface area is 182 Å². The summed E-state index contributed by atoms with van der Waals surface area (Å²) in [7, 11) is 3.96. The predicted molar refractivity (Wildman–Crippen MR) is 132 cm³/mol. The molecule has 3 nitrogen and oxygen atoms in total. The molecule has 4 aromatic rings. The van der Waals surface area contributed by atoms with Gasteiger partial charge in [-0.1, -0.05) is 66.7 Å². The van der Waals surface area contributed by atoms with Crippen molar-refractivity contribution in [2.45, 2.75) is 6.42 Å². The molecule has 0 radical (unpaired) electrons. The molecule has 0 heterocycles. The molecule has 0 atom stereocenters. The van der Waals surface area contributed by atoms with Gasteiger partial charge in [0.15, 0.2) is 0 Å². The zero-order chi connectivity index (χ0) is 21.1. The predicted octanol–water partition coefficient (Wildman–Crippen LogP) is 6.40. The summed E-state index contributed by atoms with van der Waals surface area (Å²) in [5.41, 5.74) is 9.95. The van der Waals surface area contributed by atoms with Gasteiger partial charge in [0.2, 0.25) is 5.96 Å². The van der Waals surface area contributed by atoms with Crippen molar-refractivity contribution in [1.82, 2.24) is 0 Å². The van der Waals surface area contributed by atoms with Crippen molar-refractivity contribution in [2.24, 2.45) is 0 Å². The molecule has 150 valence electrons. The largest absolute Gasteiger partial charge is 0.316 e. The highest BCUT2D eigenvalue weighted by Crippen LogP contribution is 2.39. The van der Waals surface area contributed by atoms with Crippen molar-refractivity contribution in [1.29, 1.82) is 5.41 Å². The van der Waals surface area contributed by atoms with Gasteiger partial charge >= 0.3 is 0 Å². The van der Waals surface area contributed by atoms with E-state index in [-0.39, 0.29) is 0 Å². The van der Waals surface area contributed by atoms with Crippen molar-refractivity contribution >= 4 is 40.3 Å². The molecule has 1 N–H and O–H groups in total. The third-order valence-electron chi connectivity index (χ3n) is 6.69. The highest BCUT2D eigenvalue weighted by Gasteiger charge is 2.22. The van der Waals surface area contributed by atoms with E-state index in [4.69, 9.17) is 5.41 Å². The van der Waals surface area contributed by atoms with E-state index in [1.54, 1.807) is 0 Å². The first-order valence-corrected chi connectivity index (χ1v) is 10.6. The zero-order valence-electron chi connectivity index (χ0n) is 17.7. The lowest BCUT2D eigenvalue weighted by molar-refractivity contribution is 1.12. The van der Waals surface area contributed by atoms with Gasteiger partial charge in [0, 0.05) is 25.2 Å². The molecule has 6 rings (SSSR count). The van der Waals surface area contributed by atoms with Crippen molar-refractivity contribution in [3.05, 3.63) is 95.1 Å². The summed E-state index contributed by atoms with van der Waals surface area (Å²) >= 11 is 0. The van der Waals surface area contributed by atoms with Crippen LogP contribution in [0.4, 0.5) is 11.4 Å². The van der Waals surface area contributed by atoms with Crippen LogP contribution < -0.4 is 9.80 Å². The van der Waals surface area contributed by atoms with Crippen LogP contribution in [-0.2, 0) is 6.42 Å². The van der Waals surface area contributed by atoms with Crippen molar-refractivity contribution in [3.63, 3.8) is 0 Å². The Kier molecular flexibility index (Phi) is 3.81. The van der Waals surface area contributed by atoms with Crippen molar-refractivity contribution < 1.29 is 0 Å². The van der Waals surface area contributed by atoms with Crippen LogP contribution in [0, 0.1) is 5.41 Å². The molecule has 3 heteroatoms. The maximum atomic E-state index is 8.94. The van der Waals surface area contributed by atoms with Crippen LogP contribution in [0.3, 0.4) is 0 Å². The Balaban J connectivity index is 1.33. The van der Waals surface area contributed by atoms with Crippen molar-refractivity contribution in [2.75, 3.05) is 23.9 Å². The second-order valence-electron chi connectivity index (χ2n) is 8.39. The summed E-state index contributed by atoms with van der Waals surface area (Å²) in [6, 6.07) is 25.9. The quantitative estimate of drug-likeness (QED) is 0.269. The summed E-state index contributed by atoms with van der Waals surface area (Å²) in [5, 5.41) is 11.4. The maximum absolute atomic E-state index is 8.94. The van der Waals surface area contributed by atoms with Crippen LogP contribution in [0.2, 0.25) is 0 Å². The third-order valence-corrected chi connectivity index (χ3v) is 6.69.